The van der Waals surface area contributed by atoms with Crippen LogP contribution in [0.1, 0.15) is 58.4 Å². The van der Waals surface area contributed by atoms with Crippen LogP contribution in [0.15, 0.2) is 139 Å². The number of hydrogen-bond donors (Lipinski definition) is 0. The maximum atomic E-state index is 6.32. The summed E-state index contributed by atoms with van der Waals surface area (Å²) in [4.78, 5) is 7.55. The molecule has 0 amide bonds. The average molecular weight is 767 g/mol. The Balaban J connectivity index is 1.25. The number of allylic oxidation sites excluding steroid dienone is 2. The molecule has 56 heavy (non-hydrogen) atoms. The van der Waals surface area contributed by atoms with Crippen molar-refractivity contribution in [1.82, 2.24) is 0 Å². The molecule has 8 aromatic rings. The summed E-state index contributed by atoms with van der Waals surface area (Å²) in [5, 5.41) is 6.85. The van der Waals surface area contributed by atoms with Crippen LogP contribution in [0.25, 0.3) is 53.7 Å². The van der Waals surface area contributed by atoms with Gasteiger partial charge in [0.05, 0.1) is 0 Å². The minimum absolute atomic E-state index is 0.894. The molecule has 0 N–H and O–H groups in total. The number of anilines is 2. The molecule has 0 saturated carbocycles. The first-order valence-corrected chi connectivity index (χ1v) is 20.8. The van der Waals surface area contributed by atoms with Crippen LogP contribution in [0.2, 0.25) is 0 Å². The van der Waals surface area contributed by atoms with Gasteiger partial charge in [-0.2, -0.15) is 0 Å². The van der Waals surface area contributed by atoms with Crippen LogP contribution < -0.4 is 9.80 Å². The van der Waals surface area contributed by atoms with Crippen LogP contribution in [0, 0.1) is 41.5 Å². The Morgan fingerprint density at radius 1 is 0.393 bits per heavy atom. The first kappa shape index (κ1) is 34.9. The second-order valence-electron chi connectivity index (χ2n) is 15.4. The van der Waals surface area contributed by atoms with Crippen LogP contribution in [0.3, 0.4) is 0 Å². The van der Waals surface area contributed by atoms with Crippen molar-refractivity contribution in [3.63, 3.8) is 0 Å². The molecular weight excluding hydrogens is 725 g/mol. The van der Waals surface area contributed by atoms with Crippen LogP contribution >= 0.6 is 23.5 Å². The topological polar surface area (TPSA) is 32.8 Å². The Hall–Kier alpha value is -5.56. The molecule has 0 atom stereocenters. The fourth-order valence-electron chi connectivity index (χ4n) is 9.09. The van der Waals surface area contributed by atoms with Gasteiger partial charge >= 0.3 is 0 Å². The minimum atomic E-state index is 0.894. The van der Waals surface area contributed by atoms with Crippen LogP contribution in [-0.4, -0.2) is 0 Å². The zero-order chi connectivity index (χ0) is 38.6. The van der Waals surface area contributed by atoms with Crippen LogP contribution in [0.5, 0.6) is 0 Å². The highest BCUT2D eigenvalue weighted by Crippen LogP contribution is 2.59. The van der Waals surface area contributed by atoms with E-state index in [1.54, 1.807) is 0 Å². The molecule has 0 radical (unpaired) electrons. The Labute approximate surface area is 336 Å². The third-order valence-corrected chi connectivity index (χ3v) is 14.0. The van der Waals surface area contributed by atoms with E-state index in [2.05, 4.69) is 162 Å². The van der Waals surface area contributed by atoms with Crippen molar-refractivity contribution in [3.05, 3.63) is 175 Å². The van der Waals surface area contributed by atoms with Gasteiger partial charge in [0.25, 0.3) is 0 Å². The Kier molecular flexibility index (Phi) is 8.11. The molecule has 0 unspecified atom stereocenters. The maximum absolute atomic E-state index is 6.32. The molecule has 6 heteroatoms. The Morgan fingerprint density at radius 3 is 1.14 bits per heavy atom. The summed E-state index contributed by atoms with van der Waals surface area (Å²) in [5.74, 6) is 0. The molecule has 0 aliphatic carbocycles. The second kappa shape index (κ2) is 13.0. The molecule has 0 bridgehead atoms. The Morgan fingerprint density at radius 2 is 0.750 bits per heavy atom. The fraction of sp³-hybridized carbons (Fsp3) is 0.160. The summed E-state index contributed by atoms with van der Waals surface area (Å²) in [5.41, 5.74) is 18.6. The van der Waals surface area contributed by atoms with Gasteiger partial charge in [-0.05, 0) is 137 Å². The van der Waals surface area contributed by atoms with Crippen LogP contribution in [-0.2, 0) is 0 Å². The molecule has 0 saturated heterocycles. The third kappa shape index (κ3) is 5.37. The number of para-hydroxylation sites is 2. The highest BCUT2D eigenvalue weighted by molar-refractivity contribution is 8.15. The monoisotopic (exact) mass is 766 g/mol. The summed E-state index contributed by atoms with van der Waals surface area (Å²) in [7, 11) is 0. The Bertz CT molecular complexity index is 2830. The van der Waals surface area contributed by atoms with Gasteiger partial charge in [0.1, 0.15) is 32.4 Å². The SMILES string of the molecule is CC1=C(c2c(C)cc(C)cc2C)S/C(=C2/SC(c3c(C)cc(C)cc3C)=C(C)N2c2ccc3oc4ccccc4c3c2)N1c1ccc2oc3ccccc3c2c1. The standard InChI is InChI=1S/C50H42N2O2S2/c1-27-21-29(3)45(30(4)22-27)47-33(7)51(35-17-19-43-39(25-35)37-13-9-11-15-41(37)53-43)49(55-47)50-52(34(8)48(56-50)46-31(5)23-28(2)24-32(46)6)36-18-20-44-40(26-36)38-14-10-12-16-42(38)54-44/h9-26H,1-8H3/b50-49+. The number of thioether (sulfide) groups is 2. The smallest absolute Gasteiger partial charge is 0.135 e. The summed E-state index contributed by atoms with van der Waals surface area (Å²) in [6.45, 7) is 18.0. The average Bonchev–Trinajstić information content (AvgIpc) is 3.91. The molecule has 10 rings (SSSR count). The molecule has 0 spiro atoms. The van der Waals surface area contributed by atoms with Gasteiger partial charge in [-0.15, -0.1) is 0 Å². The van der Waals surface area contributed by atoms with E-state index in [9.17, 15) is 0 Å². The molecule has 4 heterocycles. The van der Waals surface area contributed by atoms with Gasteiger partial charge < -0.3 is 18.6 Å². The zero-order valence-corrected chi connectivity index (χ0v) is 34.6. The number of fused-ring (bicyclic) bond motifs is 6. The molecule has 4 nitrogen and oxygen atoms in total. The van der Waals surface area contributed by atoms with E-state index < -0.39 is 0 Å². The third-order valence-electron chi connectivity index (χ3n) is 11.4. The number of benzene rings is 6. The lowest BCUT2D eigenvalue weighted by molar-refractivity contribution is 0.668. The summed E-state index contributed by atoms with van der Waals surface area (Å²) >= 11 is 3.78. The molecule has 2 aliphatic rings. The molecule has 2 aromatic heterocycles. The molecule has 6 aromatic carbocycles. The molecule has 2 aliphatic heterocycles. The minimum Gasteiger partial charge on any atom is -0.456 e. The van der Waals surface area contributed by atoms with Gasteiger partial charge in [-0.25, -0.2) is 0 Å². The lowest BCUT2D eigenvalue weighted by Gasteiger charge is -2.28. The van der Waals surface area contributed by atoms with Crippen molar-refractivity contribution in [1.29, 1.82) is 0 Å². The lowest BCUT2D eigenvalue weighted by Crippen LogP contribution is -2.22. The fourth-order valence-corrected chi connectivity index (χ4v) is 12.1. The van der Waals surface area contributed by atoms with Crippen molar-refractivity contribution in [2.75, 3.05) is 9.80 Å². The molecule has 0 fully saturated rings. The quantitative estimate of drug-likeness (QED) is 0.177. The highest BCUT2D eigenvalue weighted by atomic mass is 32.2. The van der Waals surface area contributed by atoms with Crippen molar-refractivity contribution in [2.45, 2.75) is 55.4 Å². The number of furan rings is 2. The van der Waals surface area contributed by atoms with E-state index in [0.717, 1.165) is 55.3 Å². The first-order chi connectivity index (χ1) is 27.0. The van der Waals surface area contributed by atoms with Crippen molar-refractivity contribution >= 4 is 88.6 Å². The normalized spacial score (nSPS) is 16.4. The predicted octanol–water partition coefficient (Wildman–Crippen LogP) is 15.0. The van der Waals surface area contributed by atoms with E-state index in [0.29, 0.717) is 0 Å². The summed E-state index contributed by atoms with van der Waals surface area (Å²) in [6.07, 6.45) is 0. The highest BCUT2D eigenvalue weighted by Gasteiger charge is 2.39. The van der Waals surface area contributed by atoms with Crippen molar-refractivity contribution in [3.8, 4) is 0 Å². The lowest BCUT2D eigenvalue weighted by atomic mass is 9.98. The number of aryl methyl sites for hydroxylation is 6. The molecular formula is C50H42N2O2S2. The summed E-state index contributed by atoms with van der Waals surface area (Å²) < 4.78 is 12.6. The number of nitrogens with zero attached hydrogens (tertiary/aromatic N) is 2. The first-order valence-electron chi connectivity index (χ1n) is 19.2. The summed E-state index contributed by atoms with van der Waals surface area (Å²) in [6, 6.07) is 39.3. The van der Waals surface area contributed by atoms with E-state index in [1.165, 1.54) is 75.8 Å². The second-order valence-corrected chi connectivity index (χ2v) is 17.4. The molecule has 276 valence electrons. The van der Waals surface area contributed by atoms with Gasteiger partial charge in [-0.1, -0.05) is 95.3 Å². The van der Waals surface area contributed by atoms with E-state index >= 15 is 0 Å². The number of rotatable bonds is 4. The number of hydrogen-bond acceptors (Lipinski definition) is 6. The van der Waals surface area contributed by atoms with E-state index in [-0.39, 0.29) is 0 Å². The zero-order valence-electron chi connectivity index (χ0n) is 32.9. The van der Waals surface area contributed by atoms with Gasteiger partial charge in [-0.3, -0.25) is 0 Å². The van der Waals surface area contributed by atoms with Crippen molar-refractivity contribution in [2.24, 2.45) is 0 Å². The van der Waals surface area contributed by atoms with Crippen LogP contribution in [0.4, 0.5) is 11.4 Å². The van der Waals surface area contributed by atoms with Gasteiger partial charge in [0, 0.05) is 54.1 Å². The van der Waals surface area contributed by atoms with Gasteiger partial charge in [0.2, 0.25) is 0 Å². The largest absolute Gasteiger partial charge is 0.456 e. The predicted molar refractivity (Wildman–Crippen MR) is 241 cm³/mol. The van der Waals surface area contributed by atoms with E-state index in [4.69, 9.17) is 8.83 Å². The van der Waals surface area contributed by atoms with Gasteiger partial charge in [0.15, 0.2) is 0 Å². The van der Waals surface area contributed by atoms with E-state index in [1.807, 2.05) is 35.7 Å². The van der Waals surface area contributed by atoms with Crippen molar-refractivity contribution < 1.29 is 8.83 Å². The maximum Gasteiger partial charge on any atom is 0.135 e.